The van der Waals surface area contributed by atoms with Gasteiger partial charge in [-0.15, -0.1) is 0 Å². The van der Waals surface area contributed by atoms with Gasteiger partial charge >= 0.3 is 0 Å². The minimum Gasteiger partial charge on any atom is -0.394 e. The maximum Gasteiger partial charge on any atom is 0.220 e. The maximum atomic E-state index is 13.5. The number of aliphatic hydroxyl groups is 7. The average Bonchev–Trinajstić information content (AvgIpc) is 3.36. The van der Waals surface area contributed by atoms with Crippen LogP contribution in [0.2, 0.25) is 0 Å². The minimum absolute atomic E-state index is 0.0241. The Balaban J connectivity index is 1.57. The lowest BCUT2D eigenvalue weighted by Gasteiger charge is -2.50. The SMILES string of the molecule is CCCCCCCCCCCCCCCCCCCCCCCC(=O)NC(CCCCCCCCCC)CO[C@@H]1OC(CO)[C@@H](O[C@@H]2OC(CO)[C@H](O)[C@H](O)C2O)[C@H](O[C@@H]2OC(C)C[C@H](O)C2O)C1NC(C)=O. The molecule has 3 heterocycles. The van der Waals surface area contributed by atoms with Gasteiger partial charge in [0.05, 0.1) is 38.1 Å². The molecule has 0 bridgehead atoms. The van der Waals surface area contributed by atoms with E-state index in [1.165, 1.54) is 148 Å². The highest BCUT2D eigenvalue weighted by molar-refractivity contribution is 5.76. The summed E-state index contributed by atoms with van der Waals surface area (Å²) < 4.78 is 36.8. The first-order valence-electron chi connectivity index (χ1n) is 29.4. The number of hydrogen-bond donors (Lipinski definition) is 9. The van der Waals surface area contributed by atoms with Crippen LogP contribution in [0.5, 0.6) is 0 Å². The number of aliphatic hydroxyl groups excluding tert-OH is 7. The van der Waals surface area contributed by atoms with Gasteiger partial charge in [0.25, 0.3) is 0 Å². The molecule has 15 atom stereocenters. The van der Waals surface area contributed by atoms with E-state index in [4.69, 9.17) is 28.4 Å². The predicted molar refractivity (Wildman–Crippen MR) is 280 cm³/mol. The van der Waals surface area contributed by atoms with E-state index in [2.05, 4.69) is 24.5 Å². The van der Waals surface area contributed by atoms with Gasteiger partial charge in [-0.25, -0.2) is 0 Å². The molecule has 430 valence electrons. The van der Waals surface area contributed by atoms with Crippen molar-refractivity contribution in [2.24, 2.45) is 0 Å². The zero-order valence-corrected chi connectivity index (χ0v) is 45.8. The van der Waals surface area contributed by atoms with Gasteiger partial charge in [0.2, 0.25) is 11.8 Å². The number of hydrogen-bond acceptors (Lipinski definition) is 15. The third-order valence-corrected chi connectivity index (χ3v) is 15.0. The highest BCUT2D eigenvalue weighted by Crippen LogP contribution is 2.34. The van der Waals surface area contributed by atoms with Crippen LogP contribution in [0.4, 0.5) is 0 Å². The van der Waals surface area contributed by atoms with Crippen LogP contribution in [0.15, 0.2) is 0 Å². The highest BCUT2D eigenvalue weighted by Gasteiger charge is 2.54. The fourth-order valence-electron chi connectivity index (χ4n) is 10.5. The number of rotatable bonds is 42. The van der Waals surface area contributed by atoms with Crippen LogP contribution in [0, 0.1) is 0 Å². The molecule has 0 aromatic carbocycles. The van der Waals surface area contributed by atoms with E-state index in [1.807, 2.05) is 0 Å². The quantitative estimate of drug-likeness (QED) is 0.0273. The predicted octanol–water partition coefficient (Wildman–Crippen LogP) is 7.27. The first-order valence-corrected chi connectivity index (χ1v) is 29.4. The second-order valence-corrected chi connectivity index (χ2v) is 21.6. The van der Waals surface area contributed by atoms with Crippen LogP contribution in [0.3, 0.4) is 0 Å². The smallest absolute Gasteiger partial charge is 0.220 e. The van der Waals surface area contributed by atoms with Crippen LogP contribution < -0.4 is 10.6 Å². The van der Waals surface area contributed by atoms with Crippen LogP contribution in [0.25, 0.3) is 0 Å². The number of nitrogens with one attached hydrogen (secondary N) is 2. The third-order valence-electron chi connectivity index (χ3n) is 15.0. The molecule has 7 unspecified atom stereocenters. The van der Waals surface area contributed by atoms with Gasteiger partial charge in [0, 0.05) is 19.8 Å². The summed E-state index contributed by atoms with van der Waals surface area (Å²) in [6, 6.07) is -1.65. The molecular formula is C56H106N2O15. The summed E-state index contributed by atoms with van der Waals surface area (Å²) in [5, 5.41) is 80.3. The first kappa shape index (κ1) is 65.7. The van der Waals surface area contributed by atoms with Crippen LogP contribution in [0.1, 0.15) is 233 Å². The molecule has 3 aliphatic rings. The van der Waals surface area contributed by atoms with Gasteiger partial charge in [-0.1, -0.05) is 194 Å². The monoisotopic (exact) mass is 1050 g/mol. The molecule has 0 aliphatic carbocycles. The second kappa shape index (κ2) is 39.7. The largest absolute Gasteiger partial charge is 0.394 e. The topological polar surface area (TPSA) is 255 Å². The minimum atomic E-state index is -1.83. The fourth-order valence-corrected chi connectivity index (χ4v) is 10.5. The number of carbonyl (C=O) groups is 2. The molecule has 3 rings (SSSR count). The molecule has 0 saturated carbocycles. The molecule has 0 aromatic heterocycles. The molecule has 0 spiro atoms. The standard InChI is InChI=1S/C56H106N2O15/c1-5-7-9-11-13-15-16-17-18-19-20-21-22-23-24-25-26-27-29-31-33-35-46(63)58-42(34-32-30-28-14-12-10-8-6-2)39-68-54-47(57-41(4)61)53(73-55-48(64)43(62)36-40(3)69-55)52(45(38-60)71-54)72-56-51(67)50(66)49(65)44(37-59)70-56/h40,42-45,47-56,59-60,62,64-67H,5-39H2,1-4H3,(H,57,61)(H,58,63)/t40?,42?,43-,44?,45?,47?,48?,49-,50-,51?,52+,53+,54+,55-,56-/m0/s1. The van der Waals surface area contributed by atoms with Gasteiger partial charge in [-0.3, -0.25) is 9.59 Å². The van der Waals surface area contributed by atoms with Crippen molar-refractivity contribution in [3.05, 3.63) is 0 Å². The second-order valence-electron chi connectivity index (χ2n) is 21.6. The first-order chi connectivity index (χ1) is 35.3. The van der Waals surface area contributed by atoms with E-state index in [9.17, 15) is 45.3 Å². The van der Waals surface area contributed by atoms with Crippen molar-refractivity contribution in [2.45, 2.75) is 325 Å². The Bertz CT molecular complexity index is 1380. The molecule has 9 N–H and O–H groups in total. The normalized spacial score (nSPS) is 30.1. The summed E-state index contributed by atoms with van der Waals surface area (Å²) >= 11 is 0. The molecule has 3 saturated heterocycles. The summed E-state index contributed by atoms with van der Waals surface area (Å²) in [5.74, 6) is -0.607. The van der Waals surface area contributed by atoms with E-state index < -0.39 is 111 Å². The van der Waals surface area contributed by atoms with Gasteiger partial charge in [0.1, 0.15) is 54.9 Å². The molecule has 73 heavy (non-hydrogen) atoms. The Morgan fingerprint density at radius 1 is 0.534 bits per heavy atom. The van der Waals surface area contributed by atoms with Crippen LogP contribution in [-0.4, -0.2) is 159 Å². The van der Waals surface area contributed by atoms with E-state index in [0.29, 0.717) is 12.8 Å². The molecule has 0 aromatic rings. The molecule has 17 heteroatoms. The lowest BCUT2D eigenvalue weighted by Crippen LogP contribution is -2.69. The van der Waals surface area contributed by atoms with E-state index in [1.54, 1.807) is 6.92 Å². The molecular weight excluding hydrogens is 941 g/mol. The molecule has 17 nitrogen and oxygen atoms in total. The van der Waals surface area contributed by atoms with Crippen molar-refractivity contribution in [1.82, 2.24) is 10.6 Å². The third kappa shape index (κ3) is 26.1. The summed E-state index contributed by atoms with van der Waals surface area (Å²) in [4.78, 5) is 26.4. The maximum absolute atomic E-state index is 13.5. The Labute approximate surface area is 439 Å². The lowest BCUT2D eigenvalue weighted by molar-refractivity contribution is -0.369. The summed E-state index contributed by atoms with van der Waals surface area (Å²) in [7, 11) is 0. The Morgan fingerprint density at radius 3 is 1.45 bits per heavy atom. The van der Waals surface area contributed by atoms with Crippen molar-refractivity contribution < 1.29 is 73.8 Å². The van der Waals surface area contributed by atoms with E-state index in [-0.39, 0.29) is 18.9 Å². The van der Waals surface area contributed by atoms with Crippen molar-refractivity contribution in [1.29, 1.82) is 0 Å². The molecule has 3 fully saturated rings. The number of carbonyl (C=O) groups excluding carboxylic acids is 2. The Morgan fingerprint density at radius 2 is 0.973 bits per heavy atom. The van der Waals surface area contributed by atoms with Gasteiger partial charge in [0.15, 0.2) is 18.9 Å². The van der Waals surface area contributed by atoms with Gasteiger partial charge in [-0.2, -0.15) is 0 Å². The van der Waals surface area contributed by atoms with E-state index >= 15 is 0 Å². The fraction of sp³-hybridized carbons (Fsp3) is 0.964. The number of amides is 2. The van der Waals surface area contributed by atoms with Crippen molar-refractivity contribution in [3.8, 4) is 0 Å². The summed E-state index contributed by atoms with van der Waals surface area (Å²) in [5.41, 5.74) is 0. The Hall–Kier alpha value is -1.58. The van der Waals surface area contributed by atoms with Crippen molar-refractivity contribution >= 4 is 11.8 Å². The van der Waals surface area contributed by atoms with Crippen LogP contribution >= 0.6 is 0 Å². The van der Waals surface area contributed by atoms with Crippen molar-refractivity contribution in [3.63, 3.8) is 0 Å². The summed E-state index contributed by atoms with van der Waals surface area (Å²) in [6.45, 7) is 5.97. The Kier molecular flexibility index (Phi) is 35.8. The van der Waals surface area contributed by atoms with Gasteiger partial charge in [-0.05, 0) is 19.8 Å². The zero-order chi connectivity index (χ0) is 53.2. The molecule has 3 aliphatic heterocycles. The van der Waals surface area contributed by atoms with Gasteiger partial charge < -0.3 is 74.8 Å². The molecule has 2 amide bonds. The number of unbranched alkanes of at least 4 members (excludes halogenated alkanes) is 27. The highest BCUT2D eigenvalue weighted by atomic mass is 16.8. The summed E-state index contributed by atoms with van der Waals surface area (Å²) in [6.07, 6.45) is 18.6. The average molecular weight is 1050 g/mol. The molecule has 0 radical (unpaired) electrons. The zero-order valence-electron chi connectivity index (χ0n) is 45.8. The van der Waals surface area contributed by atoms with Crippen LogP contribution in [-0.2, 0) is 38.0 Å². The van der Waals surface area contributed by atoms with Crippen molar-refractivity contribution in [2.75, 3.05) is 19.8 Å². The van der Waals surface area contributed by atoms with E-state index in [0.717, 1.165) is 44.9 Å². The lowest BCUT2D eigenvalue weighted by atomic mass is 9.94. The number of ether oxygens (including phenoxy) is 6.